The fourth-order valence-corrected chi connectivity index (χ4v) is 4.33. The summed E-state index contributed by atoms with van der Waals surface area (Å²) in [5, 5.41) is 3.11. The fourth-order valence-electron chi connectivity index (χ4n) is 2.73. The van der Waals surface area contributed by atoms with Crippen LogP contribution in [0.15, 0.2) is 17.2 Å². The maximum Gasteiger partial charge on any atom is 0.242 e. The number of hydrogen-bond acceptors (Lipinski definition) is 4. The number of sulfonamides is 1. The Hall–Kier alpha value is -0.850. The second kappa shape index (κ2) is 6.94. The van der Waals surface area contributed by atoms with Crippen LogP contribution in [0.25, 0.3) is 0 Å². The Labute approximate surface area is 131 Å². The predicted octanol–water partition coefficient (Wildman–Crippen LogP) is 3.02. The van der Waals surface area contributed by atoms with E-state index in [1.54, 1.807) is 7.05 Å². The Bertz CT molecular complexity index is 584. The van der Waals surface area contributed by atoms with E-state index in [2.05, 4.69) is 21.9 Å². The summed E-state index contributed by atoms with van der Waals surface area (Å²) in [7, 11) is -1.87. The second-order valence-electron chi connectivity index (χ2n) is 5.50. The van der Waals surface area contributed by atoms with E-state index >= 15 is 0 Å². The molecule has 21 heavy (non-hydrogen) atoms. The summed E-state index contributed by atoms with van der Waals surface area (Å²) in [6.07, 6.45) is 6.46. The minimum absolute atomic E-state index is 0.0144. The summed E-state index contributed by atoms with van der Waals surface area (Å²) in [5.74, 6) is 1.20. The summed E-state index contributed by atoms with van der Waals surface area (Å²) in [4.78, 5) is 4.13. The lowest BCUT2D eigenvalue weighted by atomic mass is 9.85. The number of anilines is 1. The lowest BCUT2D eigenvalue weighted by Gasteiger charge is -2.28. The van der Waals surface area contributed by atoms with Crippen LogP contribution in [0.3, 0.4) is 0 Å². The van der Waals surface area contributed by atoms with Crippen LogP contribution in [-0.2, 0) is 10.0 Å². The molecule has 0 saturated heterocycles. The van der Waals surface area contributed by atoms with E-state index in [1.165, 1.54) is 18.7 Å². The van der Waals surface area contributed by atoms with Gasteiger partial charge in [0.15, 0.2) is 0 Å². The van der Waals surface area contributed by atoms with Crippen LogP contribution in [0.2, 0.25) is 5.02 Å². The zero-order valence-electron chi connectivity index (χ0n) is 12.4. The first-order valence-corrected chi connectivity index (χ1v) is 9.18. The van der Waals surface area contributed by atoms with Gasteiger partial charge in [-0.15, -0.1) is 0 Å². The molecular weight excluding hydrogens is 310 g/mol. The molecule has 0 atom stereocenters. The van der Waals surface area contributed by atoms with Crippen molar-refractivity contribution in [1.29, 1.82) is 0 Å². The number of halogens is 1. The van der Waals surface area contributed by atoms with E-state index in [9.17, 15) is 8.42 Å². The molecule has 0 spiro atoms. The second-order valence-corrected chi connectivity index (χ2v) is 7.62. The van der Waals surface area contributed by atoms with Gasteiger partial charge in [-0.05, 0) is 37.7 Å². The van der Waals surface area contributed by atoms with Crippen LogP contribution in [0.4, 0.5) is 5.82 Å². The summed E-state index contributed by atoms with van der Waals surface area (Å²) in [5.41, 5.74) is 0. The molecule has 5 nitrogen and oxygen atoms in total. The molecule has 0 amide bonds. The Morgan fingerprint density at radius 2 is 2.00 bits per heavy atom. The van der Waals surface area contributed by atoms with E-state index in [0.717, 1.165) is 31.6 Å². The molecule has 118 valence electrons. The quantitative estimate of drug-likeness (QED) is 0.870. The van der Waals surface area contributed by atoms with E-state index in [-0.39, 0.29) is 10.9 Å². The van der Waals surface area contributed by atoms with Crippen LogP contribution in [-0.4, -0.2) is 26.5 Å². The Kier molecular flexibility index (Phi) is 5.46. The van der Waals surface area contributed by atoms with E-state index in [4.69, 9.17) is 11.6 Å². The van der Waals surface area contributed by atoms with Crippen LogP contribution in [0.1, 0.15) is 39.0 Å². The first kappa shape index (κ1) is 16.5. The largest absolute Gasteiger partial charge is 0.372 e. The van der Waals surface area contributed by atoms with Crippen molar-refractivity contribution in [2.24, 2.45) is 5.92 Å². The number of nitrogens with one attached hydrogen (secondary N) is 2. The molecule has 0 aliphatic heterocycles. The molecule has 2 rings (SSSR count). The maximum absolute atomic E-state index is 12.4. The third-order valence-electron chi connectivity index (χ3n) is 4.11. The van der Waals surface area contributed by atoms with Crippen LogP contribution in [0, 0.1) is 5.92 Å². The summed E-state index contributed by atoms with van der Waals surface area (Å²) >= 11 is 6.00. The zero-order chi connectivity index (χ0) is 15.5. The lowest BCUT2D eigenvalue weighted by molar-refractivity contribution is 0.306. The third-order valence-corrected chi connectivity index (χ3v) is 5.88. The molecule has 2 N–H and O–H groups in total. The fraction of sp³-hybridized carbons (Fsp3) is 0.643. The number of hydrogen-bond donors (Lipinski definition) is 2. The first-order valence-electron chi connectivity index (χ1n) is 7.32. The molecule has 0 bridgehead atoms. The molecule has 1 saturated carbocycles. The summed E-state index contributed by atoms with van der Waals surface area (Å²) in [6.45, 7) is 2.19. The van der Waals surface area contributed by atoms with E-state index in [0.29, 0.717) is 10.8 Å². The molecule has 0 aromatic carbocycles. The normalized spacial score (nSPS) is 23.0. The summed E-state index contributed by atoms with van der Waals surface area (Å²) < 4.78 is 27.5. The van der Waals surface area contributed by atoms with Crippen molar-refractivity contribution < 1.29 is 8.42 Å². The van der Waals surface area contributed by atoms with Gasteiger partial charge in [0.25, 0.3) is 0 Å². The molecule has 1 aromatic heterocycles. The van der Waals surface area contributed by atoms with Gasteiger partial charge >= 0.3 is 0 Å². The topological polar surface area (TPSA) is 71.1 Å². The van der Waals surface area contributed by atoms with Gasteiger partial charge in [-0.2, -0.15) is 0 Å². The Balaban J connectivity index is 2.07. The van der Waals surface area contributed by atoms with E-state index in [1.807, 2.05) is 0 Å². The molecule has 7 heteroatoms. The van der Waals surface area contributed by atoms with Gasteiger partial charge in [0, 0.05) is 19.3 Å². The lowest BCUT2D eigenvalue weighted by Crippen LogP contribution is -2.37. The highest BCUT2D eigenvalue weighted by atomic mass is 35.5. The molecule has 1 aromatic rings. The highest BCUT2D eigenvalue weighted by molar-refractivity contribution is 7.89. The summed E-state index contributed by atoms with van der Waals surface area (Å²) in [6, 6.07) is 1.45. The Morgan fingerprint density at radius 3 is 2.52 bits per heavy atom. The van der Waals surface area contributed by atoms with Crippen LogP contribution >= 0.6 is 11.6 Å². The maximum atomic E-state index is 12.4. The van der Waals surface area contributed by atoms with Gasteiger partial charge in [-0.1, -0.05) is 24.9 Å². The van der Waals surface area contributed by atoms with Crippen molar-refractivity contribution in [3.8, 4) is 0 Å². The van der Waals surface area contributed by atoms with Gasteiger partial charge < -0.3 is 5.32 Å². The molecule has 1 aliphatic carbocycles. The molecule has 1 heterocycles. The molecule has 0 unspecified atom stereocenters. The van der Waals surface area contributed by atoms with Gasteiger partial charge in [-0.25, -0.2) is 18.1 Å². The predicted molar refractivity (Wildman–Crippen MR) is 85.2 cm³/mol. The van der Waals surface area contributed by atoms with Gasteiger partial charge in [-0.3, -0.25) is 0 Å². The van der Waals surface area contributed by atoms with Crippen molar-refractivity contribution in [3.05, 3.63) is 17.3 Å². The van der Waals surface area contributed by atoms with Gasteiger partial charge in [0.1, 0.15) is 10.7 Å². The number of pyridine rings is 1. The monoisotopic (exact) mass is 331 g/mol. The number of nitrogens with zero attached hydrogens (tertiary/aromatic N) is 1. The van der Waals surface area contributed by atoms with Crippen LogP contribution in [0.5, 0.6) is 0 Å². The standard InChI is InChI=1S/C14H22ClN3O2S/c1-3-10-4-6-11(7-5-10)18-21(19,20)12-8-13(15)14(16-2)17-9-12/h8-11,18H,3-7H2,1-2H3,(H,16,17). The highest BCUT2D eigenvalue weighted by Crippen LogP contribution is 2.28. The Morgan fingerprint density at radius 1 is 1.33 bits per heavy atom. The van der Waals surface area contributed by atoms with Gasteiger partial charge in [0.05, 0.1) is 5.02 Å². The smallest absolute Gasteiger partial charge is 0.242 e. The minimum atomic E-state index is -3.56. The molecule has 0 radical (unpaired) electrons. The molecular formula is C14H22ClN3O2S. The van der Waals surface area contributed by atoms with Crippen molar-refractivity contribution in [3.63, 3.8) is 0 Å². The SMILES string of the molecule is CCC1CCC(NS(=O)(=O)c2cnc(NC)c(Cl)c2)CC1. The highest BCUT2D eigenvalue weighted by Gasteiger charge is 2.25. The van der Waals surface area contributed by atoms with Crippen molar-refractivity contribution in [2.75, 3.05) is 12.4 Å². The van der Waals surface area contributed by atoms with Gasteiger partial charge in [0.2, 0.25) is 10.0 Å². The number of rotatable bonds is 5. The average molecular weight is 332 g/mol. The van der Waals surface area contributed by atoms with Crippen molar-refractivity contribution in [1.82, 2.24) is 9.71 Å². The van der Waals surface area contributed by atoms with Crippen LogP contribution < -0.4 is 10.0 Å². The molecule has 1 fully saturated rings. The zero-order valence-corrected chi connectivity index (χ0v) is 14.0. The third kappa shape index (κ3) is 4.08. The average Bonchev–Trinajstić information content (AvgIpc) is 2.47. The van der Waals surface area contributed by atoms with E-state index < -0.39 is 10.0 Å². The van der Waals surface area contributed by atoms with Crippen molar-refractivity contribution >= 4 is 27.4 Å². The first-order chi connectivity index (χ1) is 9.96. The minimum Gasteiger partial charge on any atom is -0.372 e. The number of aromatic nitrogens is 1. The van der Waals surface area contributed by atoms with Crippen molar-refractivity contribution in [2.45, 2.75) is 50.0 Å². The molecule has 1 aliphatic rings.